The van der Waals surface area contributed by atoms with E-state index in [0.29, 0.717) is 11.3 Å². The van der Waals surface area contributed by atoms with E-state index in [2.05, 4.69) is 4.98 Å². The van der Waals surface area contributed by atoms with Gasteiger partial charge in [-0.2, -0.15) is 0 Å². The zero-order chi connectivity index (χ0) is 21.1. The lowest BCUT2D eigenvalue weighted by atomic mass is 9.95. The van der Waals surface area contributed by atoms with E-state index in [1.54, 1.807) is 38.2 Å². The first-order valence-electron chi connectivity index (χ1n) is 9.55. The Morgan fingerprint density at radius 3 is 2.10 bits per heavy atom. The summed E-state index contributed by atoms with van der Waals surface area (Å²) in [4.78, 5) is 17.4. The predicted octanol–water partition coefficient (Wildman–Crippen LogP) is 4.80. The summed E-state index contributed by atoms with van der Waals surface area (Å²) in [6.45, 7) is 0. The maximum Gasteiger partial charge on any atom is 0.258 e. The van der Waals surface area contributed by atoms with Crippen LogP contribution in [0, 0.1) is 0 Å². The molecule has 0 N–H and O–H groups in total. The van der Waals surface area contributed by atoms with Crippen molar-refractivity contribution in [3.63, 3.8) is 0 Å². The fourth-order valence-electron chi connectivity index (χ4n) is 3.58. The third kappa shape index (κ3) is 3.57. The van der Waals surface area contributed by atoms with Crippen LogP contribution in [0.3, 0.4) is 0 Å². The molecule has 0 aliphatic rings. The number of hydrogen-bond acceptors (Lipinski definition) is 4. The van der Waals surface area contributed by atoms with Crippen molar-refractivity contribution in [3.8, 4) is 45.0 Å². The summed E-state index contributed by atoms with van der Waals surface area (Å²) in [5.41, 5.74) is 5.04. The lowest BCUT2D eigenvalue weighted by Gasteiger charge is -2.17. The topological polar surface area (TPSA) is 53.4 Å². The number of methoxy groups -OCH3 is 2. The number of ether oxygens (including phenoxy) is 2. The van der Waals surface area contributed by atoms with Gasteiger partial charge < -0.3 is 14.0 Å². The van der Waals surface area contributed by atoms with Gasteiger partial charge >= 0.3 is 0 Å². The molecule has 0 aliphatic heterocycles. The number of pyridine rings is 2. The highest BCUT2D eigenvalue weighted by molar-refractivity contribution is 5.84. The Balaban J connectivity index is 2.01. The lowest BCUT2D eigenvalue weighted by molar-refractivity contribution is 0.415. The average Bonchev–Trinajstić information content (AvgIpc) is 2.81. The Morgan fingerprint density at radius 1 is 0.733 bits per heavy atom. The van der Waals surface area contributed by atoms with Crippen molar-refractivity contribution in [3.05, 3.63) is 89.5 Å². The smallest absolute Gasteiger partial charge is 0.258 e. The molecule has 5 heteroatoms. The van der Waals surface area contributed by atoms with Gasteiger partial charge in [-0.15, -0.1) is 0 Å². The molecule has 5 nitrogen and oxygen atoms in total. The molecule has 0 unspecified atom stereocenters. The quantitative estimate of drug-likeness (QED) is 0.485. The summed E-state index contributed by atoms with van der Waals surface area (Å²) < 4.78 is 12.4. The molecule has 2 heterocycles. The van der Waals surface area contributed by atoms with Gasteiger partial charge in [-0.25, -0.2) is 0 Å². The SMILES string of the molecule is COc1ccc(-c2cc(-c3cccc(OC)c3)c(=O)n(C)c2-c2ccncc2)cc1. The van der Waals surface area contributed by atoms with Crippen molar-refractivity contribution in [2.24, 2.45) is 7.05 Å². The fourth-order valence-corrected chi connectivity index (χ4v) is 3.58. The molecule has 0 amide bonds. The van der Waals surface area contributed by atoms with Crippen LogP contribution in [0.4, 0.5) is 0 Å². The van der Waals surface area contributed by atoms with Crippen molar-refractivity contribution in [2.75, 3.05) is 14.2 Å². The maximum absolute atomic E-state index is 13.3. The fraction of sp³-hybridized carbons (Fsp3) is 0.120. The number of rotatable bonds is 5. The summed E-state index contributed by atoms with van der Waals surface area (Å²) >= 11 is 0. The largest absolute Gasteiger partial charge is 0.497 e. The minimum atomic E-state index is -0.0765. The van der Waals surface area contributed by atoms with Crippen LogP contribution in [0.1, 0.15) is 0 Å². The molecular weight excluding hydrogens is 376 g/mol. The number of aromatic nitrogens is 2. The summed E-state index contributed by atoms with van der Waals surface area (Å²) in [6.07, 6.45) is 3.46. The van der Waals surface area contributed by atoms with Crippen molar-refractivity contribution in [2.45, 2.75) is 0 Å². The molecule has 0 saturated carbocycles. The van der Waals surface area contributed by atoms with Crippen LogP contribution in [-0.4, -0.2) is 23.8 Å². The van der Waals surface area contributed by atoms with E-state index in [4.69, 9.17) is 9.47 Å². The first kappa shape index (κ1) is 19.5. The van der Waals surface area contributed by atoms with Crippen molar-refractivity contribution in [1.29, 1.82) is 0 Å². The van der Waals surface area contributed by atoms with E-state index in [-0.39, 0.29) is 5.56 Å². The van der Waals surface area contributed by atoms with Crippen molar-refractivity contribution >= 4 is 0 Å². The van der Waals surface area contributed by atoms with Gasteiger partial charge in [-0.05, 0) is 53.6 Å². The van der Waals surface area contributed by atoms with Crippen LogP contribution < -0.4 is 15.0 Å². The minimum absolute atomic E-state index is 0.0765. The van der Waals surface area contributed by atoms with Crippen LogP contribution in [0.5, 0.6) is 11.5 Å². The van der Waals surface area contributed by atoms with Gasteiger partial charge in [0.05, 0.1) is 19.9 Å². The molecular formula is C25H22N2O3. The highest BCUT2D eigenvalue weighted by atomic mass is 16.5. The highest BCUT2D eigenvalue weighted by Crippen LogP contribution is 2.34. The van der Waals surface area contributed by atoms with Crippen molar-refractivity contribution < 1.29 is 9.47 Å². The third-order valence-corrected chi connectivity index (χ3v) is 5.15. The van der Waals surface area contributed by atoms with Crippen LogP contribution in [0.15, 0.2) is 83.9 Å². The monoisotopic (exact) mass is 398 g/mol. The van der Waals surface area contributed by atoms with E-state index in [1.807, 2.05) is 66.7 Å². The van der Waals surface area contributed by atoms with E-state index >= 15 is 0 Å². The zero-order valence-corrected chi connectivity index (χ0v) is 17.1. The van der Waals surface area contributed by atoms with Gasteiger partial charge in [0.1, 0.15) is 11.5 Å². The van der Waals surface area contributed by atoms with E-state index in [1.165, 1.54) is 0 Å². The van der Waals surface area contributed by atoms with Crippen LogP contribution in [0.2, 0.25) is 0 Å². The normalized spacial score (nSPS) is 10.6. The van der Waals surface area contributed by atoms with Gasteiger partial charge in [0.2, 0.25) is 0 Å². The van der Waals surface area contributed by atoms with Crippen LogP contribution in [0.25, 0.3) is 33.5 Å². The second kappa shape index (κ2) is 8.25. The lowest BCUT2D eigenvalue weighted by Crippen LogP contribution is -2.21. The van der Waals surface area contributed by atoms with Gasteiger partial charge in [0, 0.05) is 36.1 Å². The summed E-state index contributed by atoms with van der Waals surface area (Å²) in [7, 11) is 5.06. The molecule has 0 spiro atoms. The second-order valence-electron chi connectivity index (χ2n) is 6.88. The number of benzene rings is 2. The Labute approximate surface area is 175 Å². The first-order valence-corrected chi connectivity index (χ1v) is 9.55. The molecule has 0 fully saturated rings. The molecule has 0 atom stereocenters. The Bertz CT molecular complexity index is 1230. The molecule has 2 aromatic carbocycles. The molecule has 30 heavy (non-hydrogen) atoms. The van der Waals surface area contributed by atoms with Gasteiger partial charge in [0.15, 0.2) is 0 Å². The Hall–Kier alpha value is -3.86. The molecule has 150 valence electrons. The van der Waals surface area contributed by atoms with Crippen molar-refractivity contribution in [1.82, 2.24) is 9.55 Å². The number of hydrogen-bond donors (Lipinski definition) is 0. The van der Waals surface area contributed by atoms with Crippen LogP contribution >= 0.6 is 0 Å². The Kier molecular flexibility index (Phi) is 5.35. The molecule has 2 aromatic heterocycles. The maximum atomic E-state index is 13.3. The molecule has 0 radical (unpaired) electrons. The molecule has 4 rings (SSSR count). The summed E-state index contributed by atoms with van der Waals surface area (Å²) in [5.74, 6) is 1.49. The van der Waals surface area contributed by atoms with Gasteiger partial charge in [-0.1, -0.05) is 24.3 Å². The first-order chi connectivity index (χ1) is 14.6. The van der Waals surface area contributed by atoms with E-state index in [0.717, 1.165) is 33.7 Å². The third-order valence-electron chi connectivity index (χ3n) is 5.15. The minimum Gasteiger partial charge on any atom is -0.497 e. The summed E-state index contributed by atoms with van der Waals surface area (Å²) in [5, 5.41) is 0. The average molecular weight is 398 g/mol. The summed E-state index contributed by atoms with van der Waals surface area (Å²) in [6, 6.07) is 21.2. The highest BCUT2D eigenvalue weighted by Gasteiger charge is 2.17. The second-order valence-corrected chi connectivity index (χ2v) is 6.88. The zero-order valence-electron chi connectivity index (χ0n) is 17.1. The van der Waals surface area contributed by atoms with Gasteiger partial charge in [-0.3, -0.25) is 9.78 Å². The molecule has 4 aromatic rings. The Morgan fingerprint density at radius 2 is 1.43 bits per heavy atom. The molecule has 0 aliphatic carbocycles. The standard InChI is InChI=1S/C25H22N2O3/c1-27-24(18-11-13-26-14-12-18)22(17-7-9-20(29-2)10-8-17)16-23(25(27)28)19-5-4-6-21(15-19)30-3/h4-16H,1-3H3. The number of nitrogens with zero attached hydrogens (tertiary/aromatic N) is 2. The van der Waals surface area contributed by atoms with E-state index < -0.39 is 0 Å². The van der Waals surface area contributed by atoms with E-state index in [9.17, 15) is 4.79 Å². The molecule has 0 bridgehead atoms. The van der Waals surface area contributed by atoms with Gasteiger partial charge in [0.25, 0.3) is 5.56 Å². The predicted molar refractivity (Wildman–Crippen MR) is 119 cm³/mol. The van der Waals surface area contributed by atoms with Crippen LogP contribution in [-0.2, 0) is 7.05 Å². The molecule has 0 saturated heterocycles.